The molecule has 1 aromatic heterocycles. The van der Waals surface area contributed by atoms with Crippen LogP contribution in [0.15, 0.2) is 66.9 Å². The van der Waals surface area contributed by atoms with Crippen LogP contribution in [0.3, 0.4) is 0 Å². The van der Waals surface area contributed by atoms with Crippen molar-refractivity contribution in [3.05, 3.63) is 72.4 Å². The number of ether oxygens (including phenoxy) is 3. The van der Waals surface area contributed by atoms with Crippen LogP contribution in [-0.2, 0) is 11.0 Å². The van der Waals surface area contributed by atoms with Gasteiger partial charge < -0.3 is 29.2 Å². The Labute approximate surface area is 289 Å². The number of hydrogen-bond donors (Lipinski definition) is 1. The van der Waals surface area contributed by atoms with Crippen LogP contribution in [0.2, 0.25) is 0 Å². The normalized spacial score (nSPS) is 15.4. The molecule has 1 N–H and O–H groups in total. The largest absolute Gasteiger partial charge is 0.493 e. The molecule has 3 heterocycles. The van der Waals surface area contributed by atoms with E-state index >= 15 is 0 Å². The van der Waals surface area contributed by atoms with Crippen LogP contribution < -0.4 is 34.2 Å². The van der Waals surface area contributed by atoms with Crippen LogP contribution in [0, 0.1) is 0 Å². The average Bonchev–Trinajstić information content (AvgIpc) is 3.14. The lowest BCUT2D eigenvalue weighted by molar-refractivity contribution is -0.137. The van der Waals surface area contributed by atoms with Gasteiger partial charge >= 0.3 is 12.2 Å². The van der Waals surface area contributed by atoms with Gasteiger partial charge in [0, 0.05) is 79.4 Å². The van der Waals surface area contributed by atoms with Crippen molar-refractivity contribution in [3.63, 3.8) is 0 Å². The smallest absolute Gasteiger partial charge is 0.418 e. The monoisotopic (exact) mass is 693 g/mol. The fourth-order valence-corrected chi connectivity index (χ4v) is 6.19. The highest BCUT2D eigenvalue weighted by Gasteiger charge is 2.37. The molecule has 4 aromatic rings. The molecule has 0 spiro atoms. The number of carbonyl (C=O) groups excluding carboxylic acids is 2. The highest BCUT2D eigenvalue weighted by Crippen LogP contribution is 2.41. The van der Waals surface area contributed by atoms with Crippen LogP contribution in [0.4, 0.5) is 35.0 Å². The number of alkyl halides is 3. The summed E-state index contributed by atoms with van der Waals surface area (Å²) in [6.45, 7) is 3.59. The number of carbonyl (C=O) groups is 2. The molecule has 0 bridgehead atoms. The van der Waals surface area contributed by atoms with Gasteiger partial charge in [0.2, 0.25) is 0 Å². The summed E-state index contributed by atoms with van der Waals surface area (Å²) in [6.07, 6.45) is 0.677. The van der Waals surface area contributed by atoms with Crippen molar-refractivity contribution < 1.29 is 37.0 Å². The summed E-state index contributed by atoms with van der Waals surface area (Å²) in [7, 11) is 4.98. The number of nitrogens with one attached hydrogen (secondary N) is 1. The molecule has 10 nitrogen and oxygen atoms in total. The highest BCUT2D eigenvalue weighted by atomic mass is 19.4. The summed E-state index contributed by atoms with van der Waals surface area (Å²) < 4.78 is 60.2. The molecule has 2 saturated heterocycles. The molecule has 266 valence electrons. The topological polar surface area (TPSA) is 96.5 Å². The van der Waals surface area contributed by atoms with E-state index in [-0.39, 0.29) is 11.4 Å². The van der Waals surface area contributed by atoms with E-state index in [4.69, 9.17) is 14.2 Å². The number of pyridine rings is 1. The van der Waals surface area contributed by atoms with Gasteiger partial charge in [0.15, 0.2) is 11.5 Å². The van der Waals surface area contributed by atoms with Crippen molar-refractivity contribution in [2.24, 2.45) is 0 Å². The minimum Gasteiger partial charge on any atom is -0.493 e. The summed E-state index contributed by atoms with van der Waals surface area (Å²) in [5.74, 6) is 2.08. The number of halogens is 3. The second kappa shape index (κ2) is 16.1. The number of rotatable bonds is 9. The number of aromatic nitrogens is 1. The van der Waals surface area contributed by atoms with E-state index in [1.807, 2.05) is 14.0 Å². The molecule has 0 radical (unpaired) electrons. The molecule has 6 rings (SSSR count). The van der Waals surface area contributed by atoms with Gasteiger partial charge in [-0.1, -0.05) is 13.0 Å². The maximum absolute atomic E-state index is 14.3. The molecular weight excluding hydrogens is 651 g/mol. The fourth-order valence-electron chi connectivity index (χ4n) is 6.19. The predicted molar refractivity (Wildman–Crippen MR) is 188 cm³/mol. The van der Waals surface area contributed by atoms with Crippen LogP contribution in [-0.4, -0.2) is 70.8 Å². The molecule has 0 saturated carbocycles. The number of amides is 2. The zero-order chi connectivity index (χ0) is 35.8. The van der Waals surface area contributed by atoms with E-state index in [9.17, 15) is 22.8 Å². The fraction of sp³-hybridized carbons (Fsp3) is 0.378. The Bertz CT molecular complexity index is 1800. The van der Waals surface area contributed by atoms with Crippen molar-refractivity contribution >= 4 is 40.3 Å². The lowest BCUT2D eigenvalue weighted by Gasteiger charge is -2.37. The van der Waals surface area contributed by atoms with Crippen molar-refractivity contribution in [1.82, 2.24) is 10.3 Å². The third kappa shape index (κ3) is 8.05. The minimum absolute atomic E-state index is 0.150. The number of benzene rings is 3. The summed E-state index contributed by atoms with van der Waals surface area (Å²) in [4.78, 5) is 32.2. The van der Waals surface area contributed by atoms with Gasteiger partial charge in [0.1, 0.15) is 17.8 Å². The molecule has 2 aliphatic heterocycles. The van der Waals surface area contributed by atoms with Gasteiger partial charge in [-0.2, -0.15) is 13.2 Å². The first-order valence-corrected chi connectivity index (χ1v) is 16.6. The summed E-state index contributed by atoms with van der Waals surface area (Å²) in [5, 5.41) is 3.92. The second-order valence-electron chi connectivity index (χ2n) is 11.9. The summed E-state index contributed by atoms with van der Waals surface area (Å²) in [6, 6.07) is 16.5. The molecule has 3 aromatic carbocycles. The number of anilines is 3. The van der Waals surface area contributed by atoms with Gasteiger partial charge in [-0.25, -0.2) is 4.79 Å². The van der Waals surface area contributed by atoms with Crippen molar-refractivity contribution in [1.29, 1.82) is 0 Å². The number of hydrogen-bond acceptors (Lipinski definition) is 8. The Kier molecular flexibility index (Phi) is 11.7. The molecular formula is C37H42F3N5O5. The van der Waals surface area contributed by atoms with E-state index in [0.29, 0.717) is 84.7 Å². The standard InChI is InChI=1S/C34H36F3N5O4.C3H6O/c1-38-22-11-16-40(17-12-22)29-9-8-24(19-27(29)34(35,36)37)42-15-5-14-41(33(42)43)23-6-4-7-25(18-23)46-30-10-13-39-28-21-32(45-3)31(44-2)20-26(28)30;1-2-3-4/h4,6-10,13,18-22,38H,5,11-12,14-17H2,1-3H3;3H,2H2,1H3. The first-order valence-electron chi connectivity index (χ1n) is 16.6. The zero-order valence-corrected chi connectivity index (χ0v) is 28.6. The molecule has 2 amide bonds. The number of fused-ring (bicyclic) bond motifs is 1. The first-order chi connectivity index (χ1) is 24.1. The molecule has 2 fully saturated rings. The lowest BCUT2D eigenvalue weighted by atomic mass is 10.0. The maximum Gasteiger partial charge on any atom is 0.418 e. The Hall–Kier alpha value is -5.04. The number of piperidine rings is 1. The Morgan fingerprint density at radius 2 is 1.56 bits per heavy atom. The van der Waals surface area contributed by atoms with Crippen LogP contribution in [0.25, 0.3) is 10.9 Å². The maximum atomic E-state index is 14.3. The van der Waals surface area contributed by atoms with E-state index in [0.717, 1.165) is 25.2 Å². The average molecular weight is 694 g/mol. The molecule has 0 aliphatic carbocycles. The minimum atomic E-state index is -4.57. The number of nitrogens with zero attached hydrogens (tertiary/aromatic N) is 4. The third-order valence-electron chi connectivity index (χ3n) is 8.80. The van der Waals surface area contributed by atoms with E-state index in [1.54, 1.807) is 78.7 Å². The van der Waals surface area contributed by atoms with Crippen molar-refractivity contribution in [2.75, 3.05) is 62.1 Å². The van der Waals surface area contributed by atoms with E-state index in [2.05, 4.69) is 10.3 Å². The van der Waals surface area contributed by atoms with Gasteiger partial charge in [-0.15, -0.1) is 0 Å². The molecule has 0 unspecified atom stereocenters. The van der Waals surface area contributed by atoms with Gasteiger partial charge in [0.25, 0.3) is 0 Å². The summed E-state index contributed by atoms with van der Waals surface area (Å²) in [5.41, 5.74) is 0.865. The van der Waals surface area contributed by atoms with E-state index < -0.39 is 17.8 Å². The zero-order valence-electron chi connectivity index (χ0n) is 28.6. The highest BCUT2D eigenvalue weighted by molar-refractivity contribution is 6.04. The van der Waals surface area contributed by atoms with Gasteiger partial charge in [-0.3, -0.25) is 14.8 Å². The molecule has 2 aliphatic rings. The Morgan fingerprint density at radius 3 is 2.18 bits per heavy atom. The number of urea groups is 1. The molecule has 13 heteroatoms. The second-order valence-corrected chi connectivity index (χ2v) is 11.9. The van der Waals surface area contributed by atoms with Gasteiger partial charge in [-0.05, 0) is 68.8 Å². The third-order valence-corrected chi connectivity index (χ3v) is 8.80. The molecule has 0 atom stereocenters. The lowest BCUT2D eigenvalue weighted by Crippen LogP contribution is -2.49. The number of aldehydes is 1. The quantitative estimate of drug-likeness (QED) is 0.179. The van der Waals surface area contributed by atoms with Crippen LogP contribution >= 0.6 is 0 Å². The van der Waals surface area contributed by atoms with Gasteiger partial charge in [0.05, 0.1) is 25.3 Å². The SMILES string of the molecule is CCC=O.CNC1CCN(c2ccc(N3CCCN(c4cccc(Oc5ccnc6cc(OC)c(OC)cc56)c4)C3=O)cc2C(F)(F)F)CC1. The van der Waals surface area contributed by atoms with Crippen LogP contribution in [0.5, 0.6) is 23.0 Å². The van der Waals surface area contributed by atoms with Crippen molar-refractivity contribution in [2.45, 2.75) is 44.8 Å². The number of methoxy groups -OCH3 is 2. The predicted octanol–water partition coefficient (Wildman–Crippen LogP) is 7.68. The first kappa shape index (κ1) is 36.2. The Balaban J connectivity index is 0.00000115. The molecule has 50 heavy (non-hydrogen) atoms. The van der Waals surface area contributed by atoms with E-state index in [1.165, 1.54) is 11.0 Å². The Morgan fingerprint density at radius 1 is 0.900 bits per heavy atom. The van der Waals surface area contributed by atoms with Crippen molar-refractivity contribution in [3.8, 4) is 23.0 Å². The van der Waals surface area contributed by atoms with Crippen LogP contribution in [0.1, 0.15) is 38.2 Å². The summed E-state index contributed by atoms with van der Waals surface area (Å²) >= 11 is 0.